The molecule has 2 heterocycles. The Kier molecular flexibility index (Phi) is 6.28. The summed E-state index contributed by atoms with van der Waals surface area (Å²) in [6.45, 7) is 14.0. The lowest BCUT2D eigenvalue weighted by molar-refractivity contribution is -0.321. The highest BCUT2D eigenvalue weighted by Gasteiger charge is 2.40. The number of ether oxygens (including phenoxy) is 4. The van der Waals surface area contributed by atoms with E-state index in [1.807, 2.05) is 33.8 Å². The van der Waals surface area contributed by atoms with Crippen molar-refractivity contribution in [2.45, 2.75) is 109 Å². The van der Waals surface area contributed by atoms with Crippen LogP contribution in [0.5, 0.6) is 0 Å². The average Bonchev–Trinajstić information content (AvgIpc) is 2.41. The molecule has 0 N–H and O–H groups in total. The van der Waals surface area contributed by atoms with Crippen molar-refractivity contribution in [3.8, 4) is 0 Å². The van der Waals surface area contributed by atoms with Crippen LogP contribution in [-0.2, 0) is 18.9 Å². The van der Waals surface area contributed by atoms with Gasteiger partial charge in [-0.3, -0.25) is 0 Å². The molecule has 0 amide bonds. The van der Waals surface area contributed by atoms with Crippen LogP contribution in [0, 0.1) is 0 Å². The minimum atomic E-state index is -0.565. The van der Waals surface area contributed by atoms with Crippen molar-refractivity contribution < 1.29 is 18.9 Å². The van der Waals surface area contributed by atoms with E-state index in [0.29, 0.717) is 0 Å². The Morgan fingerprint density at radius 3 is 2.09 bits per heavy atom. The van der Waals surface area contributed by atoms with Gasteiger partial charge < -0.3 is 18.9 Å². The molecule has 2 rings (SSSR count). The van der Waals surface area contributed by atoms with Crippen molar-refractivity contribution in [2.24, 2.45) is 0 Å². The van der Waals surface area contributed by atoms with Gasteiger partial charge in [-0.2, -0.15) is 0 Å². The van der Waals surface area contributed by atoms with Crippen LogP contribution in [0.3, 0.4) is 0 Å². The Labute approximate surface area is 141 Å². The Morgan fingerprint density at radius 2 is 1.48 bits per heavy atom. The molecule has 0 aromatic carbocycles. The van der Waals surface area contributed by atoms with E-state index in [1.165, 1.54) is 12.8 Å². The predicted molar refractivity (Wildman–Crippen MR) is 91.2 cm³/mol. The van der Waals surface area contributed by atoms with E-state index in [2.05, 4.69) is 13.5 Å². The first kappa shape index (κ1) is 18.9. The molecule has 4 heteroatoms. The van der Waals surface area contributed by atoms with Crippen molar-refractivity contribution >= 4 is 0 Å². The highest BCUT2D eigenvalue weighted by molar-refractivity contribution is 4.89. The third kappa shape index (κ3) is 5.86. The normalized spacial score (nSPS) is 36.6. The van der Waals surface area contributed by atoms with E-state index in [-0.39, 0.29) is 24.4 Å². The van der Waals surface area contributed by atoms with Crippen LogP contribution in [0.25, 0.3) is 0 Å². The number of hydrogen-bond donors (Lipinski definition) is 0. The topological polar surface area (TPSA) is 36.9 Å². The summed E-state index contributed by atoms with van der Waals surface area (Å²) in [5, 5.41) is 0. The van der Waals surface area contributed by atoms with Gasteiger partial charge in [0.15, 0.2) is 11.6 Å². The first-order chi connectivity index (χ1) is 10.7. The van der Waals surface area contributed by atoms with Crippen LogP contribution < -0.4 is 0 Å². The molecule has 0 saturated carbocycles. The summed E-state index contributed by atoms with van der Waals surface area (Å²) < 4.78 is 24.2. The second-order valence-corrected chi connectivity index (χ2v) is 7.76. The lowest BCUT2D eigenvalue weighted by Crippen LogP contribution is -2.49. The zero-order chi connectivity index (χ0) is 17.1. The summed E-state index contributed by atoms with van der Waals surface area (Å²) in [6.07, 6.45) is 8.68. The molecule has 134 valence electrons. The SMILES string of the molecule is C=C[C@@H]1C[C@H](C[C@@H]2C[C@@H](CCCC)OC(C)(C)O2)OC(C)(C)O1. The first-order valence-corrected chi connectivity index (χ1v) is 9.07. The van der Waals surface area contributed by atoms with E-state index >= 15 is 0 Å². The molecule has 4 nitrogen and oxygen atoms in total. The Morgan fingerprint density at radius 1 is 0.913 bits per heavy atom. The highest BCUT2D eigenvalue weighted by Crippen LogP contribution is 2.35. The third-order valence-corrected chi connectivity index (χ3v) is 4.48. The summed E-state index contributed by atoms with van der Waals surface area (Å²) in [4.78, 5) is 0. The van der Waals surface area contributed by atoms with Gasteiger partial charge in [0.25, 0.3) is 0 Å². The lowest BCUT2D eigenvalue weighted by Gasteiger charge is -2.44. The fourth-order valence-electron chi connectivity index (χ4n) is 3.70. The summed E-state index contributed by atoms with van der Waals surface area (Å²) >= 11 is 0. The van der Waals surface area contributed by atoms with Crippen LogP contribution in [0.15, 0.2) is 12.7 Å². The summed E-state index contributed by atoms with van der Waals surface area (Å²) in [5.41, 5.74) is 0. The molecular weight excluding hydrogens is 292 g/mol. The molecular formula is C19H34O4. The van der Waals surface area contributed by atoms with Crippen LogP contribution >= 0.6 is 0 Å². The maximum absolute atomic E-state index is 6.15. The van der Waals surface area contributed by atoms with Gasteiger partial charge >= 0.3 is 0 Å². The van der Waals surface area contributed by atoms with Crippen molar-refractivity contribution in [3.05, 3.63) is 12.7 Å². The van der Waals surface area contributed by atoms with E-state index in [0.717, 1.165) is 25.7 Å². The average molecular weight is 326 g/mol. The fourth-order valence-corrected chi connectivity index (χ4v) is 3.70. The quantitative estimate of drug-likeness (QED) is 0.670. The maximum Gasteiger partial charge on any atom is 0.163 e. The molecule has 0 aliphatic carbocycles. The minimum absolute atomic E-state index is 0.0486. The number of rotatable bonds is 6. The second-order valence-electron chi connectivity index (χ2n) is 7.76. The van der Waals surface area contributed by atoms with E-state index in [4.69, 9.17) is 18.9 Å². The molecule has 0 aromatic rings. The molecule has 2 aliphatic rings. The van der Waals surface area contributed by atoms with Gasteiger partial charge in [0.05, 0.1) is 24.4 Å². The second kappa shape index (κ2) is 7.64. The molecule has 0 radical (unpaired) electrons. The molecule has 23 heavy (non-hydrogen) atoms. The van der Waals surface area contributed by atoms with Gasteiger partial charge in [-0.05, 0) is 34.1 Å². The third-order valence-electron chi connectivity index (χ3n) is 4.48. The minimum Gasteiger partial charge on any atom is -0.347 e. The molecule has 0 bridgehead atoms. The molecule has 2 saturated heterocycles. The monoisotopic (exact) mass is 326 g/mol. The molecule has 0 spiro atoms. The van der Waals surface area contributed by atoms with Gasteiger partial charge in [-0.25, -0.2) is 0 Å². The van der Waals surface area contributed by atoms with E-state index in [9.17, 15) is 0 Å². The van der Waals surface area contributed by atoms with Crippen molar-refractivity contribution in [2.75, 3.05) is 0 Å². The molecule has 0 aromatic heterocycles. The zero-order valence-corrected chi connectivity index (χ0v) is 15.5. The Balaban J connectivity index is 1.95. The molecule has 2 aliphatic heterocycles. The highest BCUT2D eigenvalue weighted by atomic mass is 16.7. The zero-order valence-electron chi connectivity index (χ0n) is 15.5. The fraction of sp³-hybridized carbons (Fsp3) is 0.895. The van der Waals surface area contributed by atoms with Crippen molar-refractivity contribution in [3.63, 3.8) is 0 Å². The van der Waals surface area contributed by atoms with Gasteiger partial charge in [0.1, 0.15) is 0 Å². The van der Waals surface area contributed by atoms with E-state index in [1.54, 1.807) is 0 Å². The summed E-state index contributed by atoms with van der Waals surface area (Å²) in [5.74, 6) is -1.08. The smallest absolute Gasteiger partial charge is 0.163 e. The maximum atomic E-state index is 6.15. The van der Waals surface area contributed by atoms with Crippen LogP contribution in [0.4, 0.5) is 0 Å². The number of hydrogen-bond acceptors (Lipinski definition) is 4. The van der Waals surface area contributed by atoms with Crippen LogP contribution in [-0.4, -0.2) is 36.0 Å². The molecule has 4 atom stereocenters. The van der Waals surface area contributed by atoms with Gasteiger partial charge in [0, 0.05) is 19.3 Å². The van der Waals surface area contributed by atoms with Crippen molar-refractivity contribution in [1.82, 2.24) is 0 Å². The standard InChI is InChI=1S/C19H34O4/c1-7-9-10-15-12-17(23-19(5,6)21-15)13-16-11-14(8-2)20-18(3,4)22-16/h8,14-17H,2,7,9-13H2,1,3-6H3/t14-,15-,16-,17+/m1/s1. The summed E-state index contributed by atoms with van der Waals surface area (Å²) in [7, 11) is 0. The Bertz CT molecular complexity index is 391. The van der Waals surface area contributed by atoms with Gasteiger partial charge in [-0.15, -0.1) is 6.58 Å². The summed E-state index contributed by atoms with van der Waals surface area (Å²) in [6, 6.07) is 0. The predicted octanol–water partition coefficient (Wildman–Crippen LogP) is 4.57. The number of unbranched alkanes of at least 4 members (excludes halogenated alkanes) is 1. The van der Waals surface area contributed by atoms with Crippen LogP contribution in [0.1, 0.15) is 73.1 Å². The largest absolute Gasteiger partial charge is 0.347 e. The molecule has 0 unspecified atom stereocenters. The first-order valence-electron chi connectivity index (χ1n) is 9.07. The van der Waals surface area contributed by atoms with Crippen molar-refractivity contribution in [1.29, 1.82) is 0 Å². The Hall–Kier alpha value is -0.420. The van der Waals surface area contributed by atoms with Crippen LogP contribution in [0.2, 0.25) is 0 Å². The van der Waals surface area contributed by atoms with Gasteiger partial charge in [-0.1, -0.05) is 25.8 Å². The van der Waals surface area contributed by atoms with E-state index < -0.39 is 11.6 Å². The van der Waals surface area contributed by atoms with Gasteiger partial charge in [0.2, 0.25) is 0 Å². The molecule has 2 fully saturated rings. The lowest BCUT2D eigenvalue weighted by atomic mass is 9.96.